The highest BCUT2D eigenvalue weighted by Gasteiger charge is 2.01. The maximum atomic E-state index is 3.96. The van der Waals surface area contributed by atoms with E-state index in [9.17, 15) is 0 Å². The van der Waals surface area contributed by atoms with Gasteiger partial charge in [0, 0.05) is 12.3 Å². The Morgan fingerprint density at radius 1 is 1.00 bits per heavy atom. The van der Waals surface area contributed by atoms with E-state index in [0.717, 1.165) is 11.3 Å². The summed E-state index contributed by atoms with van der Waals surface area (Å²) in [6, 6.07) is 12.0. The number of fused-ring (bicyclic) bond motifs is 1. The second-order valence-electron chi connectivity index (χ2n) is 3.03. The number of benzene rings is 1. The van der Waals surface area contributed by atoms with Crippen LogP contribution in [0.15, 0.2) is 48.9 Å². The molecule has 0 radical (unpaired) electrons. The minimum atomic E-state index is 0.855. The minimum Gasteiger partial charge on any atom is -0.254 e. The average molecular weight is 184 g/mol. The van der Waals surface area contributed by atoms with E-state index in [0.29, 0.717) is 0 Å². The fourth-order valence-electron chi connectivity index (χ4n) is 1.51. The van der Waals surface area contributed by atoms with Crippen LogP contribution in [0.3, 0.4) is 0 Å². The summed E-state index contributed by atoms with van der Waals surface area (Å²) >= 11 is 0. The smallest absolute Gasteiger partial charge is 0.177 e. The van der Waals surface area contributed by atoms with Crippen molar-refractivity contribution in [2.24, 2.45) is 0 Å². The van der Waals surface area contributed by atoms with Crippen LogP contribution >= 0.6 is 0 Å². The molecule has 1 aromatic carbocycles. The molecular weight excluding hydrogens is 176 g/mol. The van der Waals surface area contributed by atoms with E-state index < -0.39 is 0 Å². The molecule has 3 rings (SSSR count). The van der Waals surface area contributed by atoms with Gasteiger partial charge >= 0.3 is 0 Å². The van der Waals surface area contributed by atoms with Crippen molar-refractivity contribution >= 4 is 5.65 Å². The van der Waals surface area contributed by atoms with Gasteiger partial charge in [-0.3, -0.25) is 4.68 Å². The molecule has 0 aliphatic rings. The van der Waals surface area contributed by atoms with Crippen molar-refractivity contribution in [1.29, 1.82) is 0 Å². The Morgan fingerprint density at radius 2 is 1.86 bits per heavy atom. The Labute approximate surface area is 80.4 Å². The zero-order chi connectivity index (χ0) is 9.38. The lowest BCUT2D eigenvalue weighted by atomic mass is 10.3. The van der Waals surface area contributed by atoms with E-state index in [1.807, 2.05) is 51.8 Å². The molecule has 0 unspecified atom stereocenters. The first-order chi connectivity index (χ1) is 6.95. The van der Waals surface area contributed by atoms with Crippen LogP contribution in [0.1, 0.15) is 0 Å². The summed E-state index contributed by atoms with van der Waals surface area (Å²) in [6.45, 7) is 0. The van der Waals surface area contributed by atoms with E-state index in [4.69, 9.17) is 0 Å². The van der Waals surface area contributed by atoms with Crippen LogP contribution in [-0.2, 0) is 0 Å². The molecule has 4 heteroatoms. The van der Waals surface area contributed by atoms with Gasteiger partial charge in [-0.2, -0.15) is 0 Å². The molecule has 0 bridgehead atoms. The third-order valence-corrected chi connectivity index (χ3v) is 2.17. The van der Waals surface area contributed by atoms with Crippen LogP contribution in [0.5, 0.6) is 0 Å². The Morgan fingerprint density at radius 3 is 2.71 bits per heavy atom. The first-order valence-electron chi connectivity index (χ1n) is 4.38. The zero-order valence-corrected chi connectivity index (χ0v) is 7.41. The lowest BCUT2D eigenvalue weighted by Crippen LogP contribution is -1.99. The topological polar surface area (TPSA) is 35.1 Å². The minimum absolute atomic E-state index is 0.855. The average Bonchev–Trinajstić information content (AvgIpc) is 2.79. The molecule has 68 valence electrons. The highest BCUT2D eigenvalue weighted by atomic mass is 15.4. The predicted molar refractivity (Wildman–Crippen MR) is 52.3 cm³/mol. The van der Waals surface area contributed by atoms with Gasteiger partial charge in [0.05, 0.1) is 5.69 Å². The van der Waals surface area contributed by atoms with Gasteiger partial charge in [-0.1, -0.05) is 18.2 Å². The molecule has 14 heavy (non-hydrogen) atoms. The second-order valence-corrected chi connectivity index (χ2v) is 3.03. The molecule has 2 heterocycles. The third kappa shape index (κ3) is 0.939. The third-order valence-electron chi connectivity index (χ3n) is 2.17. The Hall–Kier alpha value is -2.10. The lowest BCUT2D eigenvalue weighted by Gasteiger charge is -2.02. The first kappa shape index (κ1) is 7.32. The van der Waals surface area contributed by atoms with Crippen molar-refractivity contribution in [1.82, 2.24) is 19.4 Å². The van der Waals surface area contributed by atoms with Crippen molar-refractivity contribution in [2.75, 3.05) is 0 Å². The molecule has 2 aromatic heterocycles. The summed E-state index contributed by atoms with van der Waals surface area (Å²) in [7, 11) is 0. The van der Waals surface area contributed by atoms with E-state index in [1.165, 1.54) is 0 Å². The fourth-order valence-corrected chi connectivity index (χ4v) is 1.51. The molecule has 0 N–H and O–H groups in total. The molecular formula is C10H8N4. The van der Waals surface area contributed by atoms with E-state index in [1.54, 1.807) is 6.33 Å². The standard InChI is InChI=1S/C10H8N4/c1-2-4-9(5-3-1)13-7-6-10-12-11-8-14(10)13/h1-8H. The summed E-state index contributed by atoms with van der Waals surface area (Å²) < 4.78 is 3.89. The van der Waals surface area contributed by atoms with Crippen molar-refractivity contribution in [2.45, 2.75) is 0 Å². The first-order valence-corrected chi connectivity index (χ1v) is 4.38. The van der Waals surface area contributed by atoms with E-state index in [-0.39, 0.29) is 0 Å². The van der Waals surface area contributed by atoms with Crippen molar-refractivity contribution < 1.29 is 0 Å². The molecule has 0 saturated carbocycles. The van der Waals surface area contributed by atoms with Gasteiger partial charge in [0.25, 0.3) is 0 Å². The Balaban J connectivity index is 2.28. The fraction of sp³-hybridized carbons (Fsp3) is 0. The Bertz CT molecular complexity index is 550. The summed E-state index contributed by atoms with van der Waals surface area (Å²) in [5.74, 6) is 0. The highest BCUT2D eigenvalue weighted by Crippen LogP contribution is 2.09. The summed E-state index contributed by atoms with van der Waals surface area (Å²) in [5.41, 5.74) is 1.95. The number of hydrogen-bond acceptors (Lipinski definition) is 2. The van der Waals surface area contributed by atoms with Gasteiger partial charge in [-0.05, 0) is 12.1 Å². The molecule has 0 spiro atoms. The maximum absolute atomic E-state index is 3.96. The molecule has 0 saturated heterocycles. The van der Waals surface area contributed by atoms with Crippen LogP contribution in [-0.4, -0.2) is 19.4 Å². The maximum Gasteiger partial charge on any atom is 0.177 e. The van der Waals surface area contributed by atoms with Gasteiger partial charge < -0.3 is 0 Å². The number of hydrogen-bond donors (Lipinski definition) is 0. The number of aromatic nitrogens is 4. The van der Waals surface area contributed by atoms with Crippen LogP contribution in [0.2, 0.25) is 0 Å². The summed E-state index contributed by atoms with van der Waals surface area (Å²) in [5, 5.41) is 7.80. The van der Waals surface area contributed by atoms with Crippen molar-refractivity contribution in [3.63, 3.8) is 0 Å². The SMILES string of the molecule is c1ccc(-n2ccc3nncn32)cc1. The molecule has 0 amide bonds. The van der Waals surface area contributed by atoms with Gasteiger partial charge in [-0.15, -0.1) is 10.2 Å². The van der Waals surface area contributed by atoms with Gasteiger partial charge in [0.1, 0.15) is 6.33 Å². The molecule has 3 aromatic rings. The van der Waals surface area contributed by atoms with Crippen LogP contribution in [0.4, 0.5) is 0 Å². The van der Waals surface area contributed by atoms with Crippen molar-refractivity contribution in [3.8, 4) is 5.69 Å². The molecule has 0 fully saturated rings. The monoisotopic (exact) mass is 184 g/mol. The van der Waals surface area contributed by atoms with Crippen LogP contribution < -0.4 is 0 Å². The molecule has 0 aliphatic heterocycles. The van der Waals surface area contributed by atoms with E-state index >= 15 is 0 Å². The molecule has 0 atom stereocenters. The highest BCUT2D eigenvalue weighted by molar-refractivity contribution is 5.39. The quantitative estimate of drug-likeness (QED) is 0.574. The number of nitrogens with zero attached hydrogens (tertiary/aromatic N) is 4. The molecule has 0 aliphatic carbocycles. The zero-order valence-electron chi connectivity index (χ0n) is 7.41. The second kappa shape index (κ2) is 2.70. The van der Waals surface area contributed by atoms with Crippen LogP contribution in [0.25, 0.3) is 11.3 Å². The normalized spacial score (nSPS) is 10.9. The van der Waals surface area contributed by atoms with Gasteiger partial charge in [0.2, 0.25) is 0 Å². The van der Waals surface area contributed by atoms with Crippen LogP contribution in [0, 0.1) is 0 Å². The summed E-state index contributed by atoms with van der Waals surface area (Å²) in [6.07, 6.45) is 3.67. The predicted octanol–water partition coefficient (Wildman–Crippen LogP) is 1.52. The summed E-state index contributed by atoms with van der Waals surface area (Å²) in [4.78, 5) is 0. The van der Waals surface area contributed by atoms with E-state index in [2.05, 4.69) is 10.2 Å². The van der Waals surface area contributed by atoms with Gasteiger partial charge in [-0.25, -0.2) is 4.52 Å². The Kier molecular flexibility index (Phi) is 1.41. The van der Waals surface area contributed by atoms with Crippen molar-refractivity contribution in [3.05, 3.63) is 48.9 Å². The number of para-hydroxylation sites is 1. The van der Waals surface area contributed by atoms with Gasteiger partial charge in [0.15, 0.2) is 5.65 Å². The number of rotatable bonds is 1. The molecule has 4 nitrogen and oxygen atoms in total. The lowest BCUT2D eigenvalue weighted by molar-refractivity contribution is 0.797. The largest absolute Gasteiger partial charge is 0.254 e.